The summed E-state index contributed by atoms with van der Waals surface area (Å²) in [6.45, 7) is 2.30. The summed E-state index contributed by atoms with van der Waals surface area (Å²) in [4.78, 5) is 12.3. The molecule has 1 N–H and O–H groups in total. The smallest absolute Gasteiger partial charge is 0.412 e. The van der Waals surface area contributed by atoms with Gasteiger partial charge in [-0.15, -0.1) is 0 Å². The summed E-state index contributed by atoms with van der Waals surface area (Å²) in [6, 6.07) is 5.23. The van der Waals surface area contributed by atoms with Crippen molar-refractivity contribution in [3.8, 4) is 0 Å². The fourth-order valence-corrected chi connectivity index (χ4v) is 1.65. The Morgan fingerprint density at radius 3 is 2.88 bits per heavy atom. The van der Waals surface area contributed by atoms with E-state index in [-0.39, 0.29) is 12.1 Å². The zero-order valence-electron chi connectivity index (χ0n) is 8.76. The van der Waals surface area contributed by atoms with E-state index in [4.69, 9.17) is 9.84 Å². The molecule has 1 amide bonds. The van der Waals surface area contributed by atoms with Crippen LogP contribution in [0.3, 0.4) is 0 Å². The van der Waals surface area contributed by atoms with Crippen LogP contribution in [0.1, 0.15) is 6.92 Å². The second-order valence-electron chi connectivity index (χ2n) is 3.74. The fourth-order valence-electron chi connectivity index (χ4n) is 1.65. The number of hydrogen-bond donors (Lipinski definition) is 1. The predicted molar refractivity (Wildman–Crippen MR) is 56.1 cm³/mol. The molecule has 0 bridgehead atoms. The molecule has 4 nitrogen and oxygen atoms in total. The van der Waals surface area contributed by atoms with Gasteiger partial charge in [-0.25, -0.2) is 9.18 Å². The first-order chi connectivity index (χ1) is 7.59. The second kappa shape index (κ2) is 4.09. The lowest BCUT2D eigenvalue weighted by Gasteiger charge is -2.25. The maximum absolute atomic E-state index is 13.0. The largest absolute Gasteiger partial charge is 0.465 e. The van der Waals surface area contributed by atoms with Crippen LogP contribution in [0.5, 0.6) is 0 Å². The highest BCUT2D eigenvalue weighted by atomic mass is 19.1. The first-order valence-corrected chi connectivity index (χ1v) is 4.99. The summed E-state index contributed by atoms with van der Waals surface area (Å²) in [7, 11) is 0. The molecule has 0 spiro atoms. The highest BCUT2D eigenvalue weighted by Gasteiger charge is 2.36. The van der Waals surface area contributed by atoms with Crippen LogP contribution in [0.25, 0.3) is 0 Å². The molecule has 1 aliphatic heterocycles. The summed E-state index contributed by atoms with van der Waals surface area (Å²) >= 11 is 0. The van der Waals surface area contributed by atoms with Gasteiger partial charge in [0.05, 0.1) is 18.3 Å². The number of halogens is 1. The normalized spacial score (nSPS) is 20.2. The van der Waals surface area contributed by atoms with Crippen LogP contribution in [-0.2, 0) is 4.74 Å². The van der Waals surface area contributed by atoms with E-state index < -0.39 is 11.9 Å². The van der Waals surface area contributed by atoms with Crippen LogP contribution in [0.2, 0.25) is 0 Å². The van der Waals surface area contributed by atoms with Crippen molar-refractivity contribution in [1.29, 1.82) is 0 Å². The quantitative estimate of drug-likeness (QED) is 0.801. The zero-order valence-corrected chi connectivity index (χ0v) is 8.76. The maximum Gasteiger partial charge on any atom is 0.412 e. The van der Waals surface area contributed by atoms with E-state index in [1.807, 2.05) is 0 Å². The summed E-state index contributed by atoms with van der Waals surface area (Å²) in [5, 5.41) is 9.11. The maximum atomic E-state index is 13.0. The number of carbonyl (C=O) groups is 1. The predicted octanol–water partition coefficient (Wildman–Crippen LogP) is 2.10. The summed E-state index contributed by atoms with van der Waals surface area (Å²) in [5.74, 6) is -0.451. The summed E-state index contributed by atoms with van der Waals surface area (Å²) < 4.78 is 18.1. The molecule has 1 unspecified atom stereocenters. The van der Waals surface area contributed by atoms with Crippen LogP contribution in [0, 0.1) is 5.82 Å². The minimum Gasteiger partial charge on any atom is -0.465 e. The van der Waals surface area contributed by atoms with Crippen molar-refractivity contribution in [3.05, 3.63) is 30.1 Å². The van der Waals surface area contributed by atoms with Crippen molar-refractivity contribution < 1.29 is 19.0 Å². The number of nitrogens with zero attached hydrogens (tertiary/aromatic N) is 1. The second-order valence-corrected chi connectivity index (χ2v) is 3.74. The van der Waals surface area contributed by atoms with Gasteiger partial charge in [-0.05, 0) is 25.1 Å². The molecule has 1 saturated heterocycles. The van der Waals surface area contributed by atoms with E-state index in [1.54, 1.807) is 13.0 Å². The zero-order chi connectivity index (χ0) is 11.7. The number of rotatable bonds is 3. The highest BCUT2D eigenvalue weighted by molar-refractivity contribution is 5.86. The highest BCUT2D eigenvalue weighted by Crippen LogP contribution is 2.25. The first-order valence-electron chi connectivity index (χ1n) is 4.99. The van der Waals surface area contributed by atoms with Gasteiger partial charge in [0.25, 0.3) is 0 Å². The third kappa shape index (κ3) is 2.14. The monoisotopic (exact) mass is 225 g/mol. The Balaban J connectivity index is 2.28. The molecule has 0 aromatic heterocycles. The van der Waals surface area contributed by atoms with E-state index in [0.29, 0.717) is 12.3 Å². The van der Waals surface area contributed by atoms with Gasteiger partial charge in [0, 0.05) is 0 Å². The molecule has 1 aromatic carbocycles. The van der Waals surface area contributed by atoms with Gasteiger partial charge >= 0.3 is 6.09 Å². The van der Waals surface area contributed by atoms with Crippen molar-refractivity contribution in [2.45, 2.75) is 19.1 Å². The molecule has 1 fully saturated rings. The van der Waals surface area contributed by atoms with Crippen molar-refractivity contribution in [2.75, 3.05) is 11.5 Å². The number of amides is 1. The van der Waals surface area contributed by atoms with Crippen molar-refractivity contribution in [1.82, 2.24) is 0 Å². The van der Waals surface area contributed by atoms with Gasteiger partial charge < -0.3 is 9.84 Å². The number of ether oxygens (including phenoxy) is 1. The van der Waals surface area contributed by atoms with Crippen molar-refractivity contribution in [2.24, 2.45) is 0 Å². The number of epoxide rings is 1. The molecule has 1 heterocycles. The number of anilines is 1. The average Bonchev–Trinajstić information content (AvgIpc) is 3.00. The molecule has 1 aliphatic rings. The lowest BCUT2D eigenvalue weighted by Crippen LogP contribution is -2.41. The van der Waals surface area contributed by atoms with Gasteiger partial charge in [0.2, 0.25) is 0 Å². The Kier molecular flexibility index (Phi) is 2.78. The SMILES string of the molecule is CC([C@H]1CO1)N(C(=O)O)c1cccc(F)c1. The van der Waals surface area contributed by atoms with E-state index in [9.17, 15) is 9.18 Å². The summed E-state index contributed by atoms with van der Waals surface area (Å²) in [6.07, 6.45) is -1.19. The van der Waals surface area contributed by atoms with E-state index in [0.717, 1.165) is 4.90 Å². The number of carboxylic acid groups (broad SMARTS) is 1. The lowest BCUT2D eigenvalue weighted by molar-refractivity contribution is 0.197. The topological polar surface area (TPSA) is 53.1 Å². The molecule has 2 rings (SSSR count). The molecule has 86 valence electrons. The molecule has 0 saturated carbocycles. The van der Waals surface area contributed by atoms with Gasteiger partial charge in [-0.1, -0.05) is 6.07 Å². The van der Waals surface area contributed by atoms with Crippen LogP contribution >= 0.6 is 0 Å². The van der Waals surface area contributed by atoms with Gasteiger partial charge in [-0.3, -0.25) is 4.90 Å². The Morgan fingerprint density at radius 1 is 1.69 bits per heavy atom. The molecule has 2 atom stereocenters. The van der Waals surface area contributed by atoms with Crippen molar-refractivity contribution in [3.63, 3.8) is 0 Å². The van der Waals surface area contributed by atoms with Gasteiger partial charge in [0.1, 0.15) is 11.9 Å². The number of benzene rings is 1. The average molecular weight is 225 g/mol. The van der Waals surface area contributed by atoms with Gasteiger partial charge in [-0.2, -0.15) is 0 Å². The third-order valence-electron chi connectivity index (χ3n) is 2.60. The van der Waals surface area contributed by atoms with E-state index in [1.165, 1.54) is 18.2 Å². The minimum atomic E-state index is -1.10. The summed E-state index contributed by atoms with van der Waals surface area (Å²) in [5.41, 5.74) is 0.329. The lowest BCUT2D eigenvalue weighted by atomic mass is 10.2. The van der Waals surface area contributed by atoms with E-state index in [2.05, 4.69) is 0 Å². The van der Waals surface area contributed by atoms with Crippen LogP contribution in [0.15, 0.2) is 24.3 Å². The fraction of sp³-hybridized carbons (Fsp3) is 0.364. The number of hydrogen-bond acceptors (Lipinski definition) is 2. The molecule has 5 heteroatoms. The van der Waals surface area contributed by atoms with Gasteiger partial charge in [0.15, 0.2) is 0 Å². The Labute approximate surface area is 92.2 Å². The van der Waals surface area contributed by atoms with E-state index >= 15 is 0 Å². The third-order valence-corrected chi connectivity index (χ3v) is 2.60. The molecular weight excluding hydrogens is 213 g/mol. The molecule has 16 heavy (non-hydrogen) atoms. The Hall–Kier alpha value is -1.62. The van der Waals surface area contributed by atoms with Crippen LogP contribution in [0.4, 0.5) is 14.9 Å². The first kappa shape index (κ1) is 10.9. The molecular formula is C11H12FNO3. The molecule has 0 radical (unpaired) electrons. The van der Waals surface area contributed by atoms with Crippen molar-refractivity contribution >= 4 is 11.8 Å². The van der Waals surface area contributed by atoms with Crippen LogP contribution < -0.4 is 4.90 Å². The minimum absolute atomic E-state index is 0.0839. The molecule has 1 aromatic rings. The molecule has 0 aliphatic carbocycles. The van der Waals surface area contributed by atoms with Crippen LogP contribution in [-0.4, -0.2) is 30.0 Å². The Morgan fingerprint density at radius 2 is 2.38 bits per heavy atom. The Bertz CT molecular complexity index is 406. The standard InChI is InChI=1S/C11H12FNO3/c1-7(10-6-16-10)13(11(14)15)9-4-2-3-8(12)5-9/h2-5,7,10H,6H2,1H3,(H,14,15)/t7?,10-/m1/s1.